The maximum absolute atomic E-state index is 7.42. The molecule has 0 radical (unpaired) electrons. The molecule has 0 amide bonds. The van der Waals surface area contributed by atoms with Gasteiger partial charge in [0.15, 0.2) is 0 Å². The molecule has 10 heteroatoms. The van der Waals surface area contributed by atoms with Crippen LogP contribution in [-0.4, -0.2) is 59.4 Å². The highest BCUT2D eigenvalue weighted by molar-refractivity contribution is 6.97. The first-order valence-corrected chi connectivity index (χ1v) is 24.9. The Morgan fingerprint density at radius 3 is 1.61 bits per heavy atom. The second-order valence-corrected chi connectivity index (χ2v) is 26.2. The van der Waals surface area contributed by atoms with E-state index in [1.807, 2.05) is 0 Å². The van der Waals surface area contributed by atoms with E-state index in [0.717, 1.165) is 24.9 Å². The molecule has 0 N–H and O–H groups in total. The average Bonchev–Trinajstić information content (AvgIpc) is 3.90. The van der Waals surface area contributed by atoms with E-state index in [9.17, 15) is 0 Å². The number of benzene rings is 2. The predicted molar refractivity (Wildman–Crippen MR) is 169 cm³/mol. The summed E-state index contributed by atoms with van der Waals surface area (Å²) in [5, 5.41) is 2.37. The highest BCUT2D eigenvalue weighted by Crippen LogP contribution is 2.43. The summed E-state index contributed by atoms with van der Waals surface area (Å²) in [5.74, 6) is 1.38. The molecular formula is C31H46O6Si4. The van der Waals surface area contributed by atoms with Crippen molar-refractivity contribution in [3.05, 3.63) is 60.7 Å². The first-order chi connectivity index (χ1) is 19.8. The van der Waals surface area contributed by atoms with Crippen molar-refractivity contribution in [2.45, 2.75) is 108 Å². The minimum Gasteiger partial charge on any atom is -0.414 e. The summed E-state index contributed by atoms with van der Waals surface area (Å²) in [6, 6.07) is 23.3. The van der Waals surface area contributed by atoms with Crippen molar-refractivity contribution in [1.82, 2.24) is 0 Å². The Morgan fingerprint density at radius 2 is 1.12 bits per heavy atom. The molecule has 2 aliphatic carbocycles. The minimum atomic E-state index is -2.79. The minimum absolute atomic E-state index is 0.496. The van der Waals surface area contributed by atoms with Crippen LogP contribution < -0.4 is 10.4 Å². The van der Waals surface area contributed by atoms with Crippen LogP contribution in [0.5, 0.6) is 0 Å². The molecule has 8 atom stereocenters. The van der Waals surface area contributed by atoms with Gasteiger partial charge in [0, 0.05) is 0 Å². The SMILES string of the molecule is C[Si]1(CCC2CCC3OC3C2)O[Si](C)(c2ccccc2)O[SiH](CCC2CCC3OC3C2)O[Si](C)(c2ccccc2)O1. The Labute approximate surface area is 250 Å². The molecule has 5 fully saturated rings. The molecule has 222 valence electrons. The molecule has 0 spiro atoms. The number of hydrogen-bond donors (Lipinski definition) is 0. The van der Waals surface area contributed by atoms with E-state index >= 15 is 0 Å². The van der Waals surface area contributed by atoms with Gasteiger partial charge in [-0.15, -0.1) is 0 Å². The van der Waals surface area contributed by atoms with Gasteiger partial charge in [-0.05, 0) is 105 Å². The summed E-state index contributed by atoms with van der Waals surface area (Å²) in [5.41, 5.74) is 0. The van der Waals surface area contributed by atoms with Crippen LogP contribution in [0.15, 0.2) is 60.7 Å². The van der Waals surface area contributed by atoms with Gasteiger partial charge in [0.05, 0.1) is 24.4 Å². The van der Waals surface area contributed by atoms with Crippen LogP contribution >= 0.6 is 0 Å². The molecule has 3 aliphatic heterocycles. The lowest BCUT2D eigenvalue weighted by atomic mass is 9.88. The van der Waals surface area contributed by atoms with E-state index in [2.05, 4.69) is 80.3 Å². The van der Waals surface area contributed by atoms with Gasteiger partial charge >= 0.3 is 35.0 Å². The summed E-state index contributed by atoms with van der Waals surface area (Å²) >= 11 is 0. The van der Waals surface area contributed by atoms with Gasteiger partial charge in [-0.3, -0.25) is 0 Å². The first kappa shape index (κ1) is 28.8. The van der Waals surface area contributed by atoms with Crippen LogP contribution in [0.4, 0.5) is 0 Å². The Morgan fingerprint density at radius 1 is 0.634 bits per heavy atom. The highest BCUT2D eigenvalue weighted by atomic mass is 28.5. The number of ether oxygens (including phenoxy) is 2. The molecule has 2 aromatic rings. The van der Waals surface area contributed by atoms with Crippen molar-refractivity contribution >= 4 is 45.3 Å². The van der Waals surface area contributed by atoms with E-state index < -0.39 is 35.0 Å². The quantitative estimate of drug-likeness (QED) is 0.295. The molecule has 8 unspecified atom stereocenters. The van der Waals surface area contributed by atoms with Crippen LogP contribution in [0, 0.1) is 11.8 Å². The van der Waals surface area contributed by atoms with Crippen LogP contribution in [0.3, 0.4) is 0 Å². The Hall–Kier alpha value is -0.932. The summed E-state index contributed by atoms with van der Waals surface area (Å²) in [6.45, 7) is 6.79. The fourth-order valence-electron chi connectivity index (χ4n) is 7.71. The van der Waals surface area contributed by atoms with Gasteiger partial charge < -0.3 is 25.9 Å². The predicted octanol–water partition coefficient (Wildman–Crippen LogP) is 5.23. The summed E-state index contributed by atoms with van der Waals surface area (Å²) in [6.07, 6.45) is 11.6. The highest BCUT2D eigenvalue weighted by Gasteiger charge is 2.55. The van der Waals surface area contributed by atoms with Gasteiger partial charge in [0.25, 0.3) is 0 Å². The van der Waals surface area contributed by atoms with Crippen molar-refractivity contribution in [3.8, 4) is 0 Å². The number of hydrogen-bond acceptors (Lipinski definition) is 6. The molecule has 6 nitrogen and oxygen atoms in total. The molecule has 2 aromatic carbocycles. The van der Waals surface area contributed by atoms with Gasteiger partial charge in [-0.2, -0.15) is 0 Å². The second-order valence-electron chi connectivity index (χ2n) is 13.5. The second kappa shape index (κ2) is 11.5. The molecular weight excluding hydrogens is 581 g/mol. The molecule has 41 heavy (non-hydrogen) atoms. The summed E-state index contributed by atoms with van der Waals surface area (Å²) in [4.78, 5) is 0. The largest absolute Gasteiger partial charge is 0.414 e. The zero-order valence-electron chi connectivity index (χ0n) is 24.8. The van der Waals surface area contributed by atoms with Crippen LogP contribution in [0.2, 0.25) is 31.7 Å². The van der Waals surface area contributed by atoms with Crippen molar-refractivity contribution in [3.63, 3.8) is 0 Å². The normalized spacial score (nSPS) is 43.7. The maximum atomic E-state index is 7.42. The average molecular weight is 627 g/mol. The van der Waals surface area contributed by atoms with E-state index in [1.54, 1.807) is 0 Å². The van der Waals surface area contributed by atoms with E-state index in [-0.39, 0.29) is 0 Å². The Balaban J connectivity index is 1.16. The number of epoxide rings is 2. The van der Waals surface area contributed by atoms with E-state index in [1.165, 1.54) is 48.9 Å². The lowest BCUT2D eigenvalue weighted by Gasteiger charge is -2.47. The molecule has 5 aliphatic rings. The van der Waals surface area contributed by atoms with Gasteiger partial charge in [-0.25, -0.2) is 0 Å². The third-order valence-corrected chi connectivity index (χ3v) is 27.2. The lowest BCUT2D eigenvalue weighted by molar-refractivity contribution is 0.243. The van der Waals surface area contributed by atoms with Crippen molar-refractivity contribution < 1.29 is 25.9 Å². The maximum Gasteiger partial charge on any atom is 0.351 e. The van der Waals surface area contributed by atoms with E-state index in [0.29, 0.717) is 36.3 Å². The molecule has 2 saturated carbocycles. The Bertz CT molecular complexity index is 1130. The van der Waals surface area contributed by atoms with Gasteiger partial charge in [-0.1, -0.05) is 60.7 Å². The Kier molecular flexibility index (Phi) is 8.10. The van der Waals surface area contributed by atoms with Gasteiger partial charge in [0.1, 0.15) is 0 Å². The van der Waals surface area contributed by atoms with Crippen LogP contribution in [-0.2, 0) is 25.9 Å². The fourth-order valence-corrected chi connectivity index (χ4v) is 27.8. The lowest BCUT2D eigenvalue weighted by Crippen LogP contribution is -2.70. The smallest absolute Gasteiger partial charge is 0.351 e. The molecule has 0 bridgehead atoms. The number of rotatable bonds is 8. The molecule has 3 saturated heterocycles. The standard InChI is InChI=1S/C31H46O6Si4/c1-39(21-19-25-15-17-29-31(23-25)33-29)36-40(2,26-10-6-4-7-11-26)34-38(20-18-24-14-16-28-30(22-24)32-28)35-41(3,37-39)27-12-8-5-9-13-27/h4-13,24-25,28-31,38H,14-23H2,1-3H3. The summed E-state index contributed by atoms with van der Waals surface area (Å²) < 4.78 is 41.1. The zero-order chi connectivity index (χ0) is 28.1. The number of fused-ring (bicyclic) bond motifs is 2. The van der Waals surface area contributed by atoms with Crippen molar-refractivity contribution in [2.75, 3.05) is 0 Å². The van der Waals surface area contributed by atoms with Gasteiger partial charge in [0.2, 0.25) is 0 Å². The van der Waals surface area contributed by atoms with E-state index in [4.69, 9.17) is 25.9 Å². The summed E-state index contributed by atoms with van der Waals surface area (Å²) in [7, 11) is -10.4. The first-order valence-electron chi connectivity index (χ1n) is 16.0. The van der Waals surface area contributed by atoms with Crippen LogP contribution in [0.25, 0.3) is 0 Å². The van der Waals surface area contributed by atoms with Crippen molar-refractivity contribution in [1.29, 1.82) is 0 Å². The fraction of sp³-hybridized carbons (Fsp3) is 0.613. The molecule has 3 heterocycles. The monoisotopic (exact) mass is 626 g/mol. The molecule has 7 rings (SSSR count). The van der Waals surface area contributed by atoms with Crippen molar-refractivity contribution in [2.24, 2.45) is 11.8 Å². The van der Waals surface area contributed by atoms with Crippen LogP contribution in [0.1, 0.15) is 51.4 Å². The zero-order valence-corrected chi connectivity index (χ0v) is 29.0. The molecule has 0 aromatic heterocycles. The third-order valence-electron chi connectivity index (χ3n) is 10.2. The third kappa shape index (κ3) is 6.62. The topological polar surface area (TPSA) is 62.0 Å².